The molecule has 0 saturated carbocycles. The molecule has 0 aliphatic carbocycles. The highest BCUT2D eigenvalue weighted by atomic mass is 19.1. The molecule has 0 aliphatic heterocycles. The van der Waals surface area contributed by atoms with E-state index in [1.54, 1.807) is 23.0 Å². The second-order valence-corrected chi connectivity index (χ2v) is 6.79. The van der Waals surface area contributed by atoms with Crippen LogP contribution in [-0.4, -0.2) is 40.0 Å². The van der Waals surface area contributed by atoms with Crippen molar-refractivity contribution >= 4 is 0 Å². The molecule has 0 fully saturated rings. The standard InChI is InChI=1S/C19H19FN8/c1-13(2)11-16-22-18(28(24-16)17-5-3-4-10-21-17)12-27-25-19(23-26-27)14-6-8-15(20)9-7-14/h3-10,13H,11-12H2,1-2H3. The normalized spacial score (nSPS) is 11.3. The molecular formula is C19H19FN8. The van der Waals surface area contributed by atoms with Crippen LogP contribution < -0.4 is 0 Å². The molecule has 0 bridgehead atoms. The predicted molar refractivity (Wildman–Crippen MR) is 100 cm³/mol. The van der Waals surface area contributed by atoms with Crippen molar-refractivity contribution in [2.45, 2.75) is 26.8 Å². The predicted octanol–water partition coefficient (Wildman–Crippen LogP) is 2.70. The maximum Gasteiger partial charge on any atom is 0.204 e. The van der Waals surface area contributed by atoms with Gasteiger partial charge in [-0.25, -0.2) is 14.4 Å². The minimum Gasteiger partial charge on any atom is -0.237 e. The van der Waals surface area contributed by atoms with E-state index in [9.17, 15) is 4.39 Å². The summed E-state index contributed by atoms with van der Waals surface area (Å²) in [5.41, 5.74) is 0.694. The lowest BCUT2D eigenvalue weighted by Gasteiger charge is -2.03. The highest BCUT2D eigenvalue weighted by Crippen LogP contribution is 2.15. The Morgan fingerprint density at radius 1 is 1.04 bits per heavy atom. The van der Waals surface area contributed by atoms with Crippen LogP contribution in [0.25, 0.3) is 17.2 Å². The van der Waals surface area contributed by atoms with Crippen LogP contribution in [0.5, 0.6) is 0 Å². The minimum absolute atomic E-state index is 0.288. The van der Waals surface area contributed by atoms with Crippen molar-refractivity contribution in [1.29, 1.82) is 0 Å². The van der Waals surface area contributed by atoms with E-state index in [1.165, 1.54) is 16.9 Å². The van der Waals surface area contributed by atoms with Gasteiger partial charge in [0.2, 0.25) is 5.82 Å². The second-order valence-electron chi connectivity index (χ2n) is 6.79. The number of rotatable bonds is 6. The molecule has 1 aromatic carbocycles. The highest BCUT2D eigenvalue weighted by molar-refractivity contribution is 5.53. The van der Waals surface area contributed by atoms with E-state index in [1.807, 2.05) is 18.2 Å². The highest BCUT2D eigenvalue weighted by Gasteiger charge is 2.16. The first-order chi connectivity index (χ1) is 13.6. The summed E-state index contributed by atoms with van der Waals surface area (Å²) in [6.45, 7) is 4.53. The molecule has 0 N–H and O–H groups in total. The van der Waals surface area contributed by atoms with Gasteiger partial charge < -0.3 is 0 Å². The number of benzene rings is 1. The molecule has 3 aromatic heterocycles. The first-order valence-electron chi connectivity index (χ1n) is 8.98. The summed E-state index contributed by atoms with van der Waals surface area (Å²) >= 11 is 0. The maximum absolute atomic E-state index is 13.1. The second kappa shape index (κ2) is 7.63. The third-order valence-corrected chi connectivity index (χ3v) is 4.01. The molecule has 0 saturated heterocycles. The summed E-state index contributed by atoms with van der Waals surface area (Å²) in [4.78, 5) is 10.5. The number of tetrazole rings is 1. The van der Waals surface area contributed by atoms with Crippen LogP contribution in [-0.2, 0) is 13.0 Å². The number of nitrogens with zero attached hydrogens (tertiary/aromatic N) is 8. The van der Waals surface area contributed by atoms with E-state index in [0.717, 1.165) is 12.2 Å². The number of pyridine rings is 1. The smallest absolute Gasteiger partial charge is 0.204 e. The van der Waals surface area contributed by atoms with Gasteiger partial charge >= 0.3 is 0 Å². The van der Waals surface area contributed by atoms with E-state index in [0.29, 0.717) is 28.9 Å². The fourth-order valence-corrected chi connectivity index (χ4v) is 2.76. The summed E-state index contributed by atoms with van der Waals surface area (Å²) in [6, 6.07) is 11.6. The summed E-state index contributed by atoms with van der Waals surface area (Å²) in [7, 11) is 0. The van der Waals surface area contributed by atoms with Crippen molar-refractivity contribution in [2.24, 2.45) is 5.92 Å². The van der Waals surface area contributed by atoms with Crippen LogP contribution in [0.1, 0.15) is 25.5 Å². The van der Waals surface area contributed by atoms with E-state index in [-0.39, 0.29) is 12.4 Å². The fraction of sp³-hybridized carbons (Fsp3) is 0.263. The molecule has 0 amide bonds. The Morgan fingerprint density at radius 2 is 1.86 bits per heavy atom. The van der Waals surface area contributed by atoms with Crippen LogP contribution >= 0.6 is 0 Å². The molecule has 9 heteroatoms. The van der Waals surface area contributed by atoms with Gasteiger partial charge in [-0.05, 0) is 47.5 Å². The minimum atomic E-state index is -0.308. The average molecular weight is 378 g/mol. The third-order valence-electron chi connectivity index (χ3n) is 4.01. The lowest BCUT2D eigenvalue weighted by Crippen LogP contribution is -2.11. The van der Waals surface area contributed by atoms with Gasteiger partial charge in [-0.3, -0.25) is 0 Å². The maximum atomic E-state index is 13.1. The van der Waals surface area contributed by atoms with Crippen molar-refractivity contribution in [3.8, 4) is 17.2 Å². The summed E-state index contributed by atoms with van der Waals surface area (Å²) in [5.74, 6) is 2.64. The zero-order valence-electron chi connectivity index (χ0n) is 15.6. The summed E-state index contributed by atoms with van der Waals surface area (Å²) in [5, 5.41) is 17.1. The number of halogens is 1. The Hall–Kier alpha value is -3.49. The molecule has 0 radical (unpaired) electrons. The van der Waals surface area contributed by atoms with Crippen molar-refractivity contribution in [3.05, 3.63) is 66.1 Å². The van der Waals surface area contributed by atoms with Gasteiger partial charge in [0.15, 0.2) is 17.5 Å². The molecule has 142 valence electrons. The van der Waals surface area contributed by atoms with Crippen molar-refractivity contribution < 1.29 is 4.39 Å². The van der Waals surface area contributed by atoms with E-state index < -0.39 is 0 Å². The van der Waals surface area contributed by atoms with Gasteiger partial charge in [0.1, 0.15) is 12.4 Å². The molecule has 4 rings (SSSR count). The topological polar surface area (TPSA) is 87.2 Å². The van der Waals surface area contributed by atoms with Gasteiger partial charge in [-0.15, -0.1) is 15.3 Å². The van der Waals surface area contributed by atoms with Crippen LogP contribution in [0.4, 0.5) is 4.39 Å². The Kier molecular flexibility index (Phi) is 4.88. The lowest BCUT2D eigenvalue weighted by molar-refractivity contribution is 0.543. The zero-order valence-corrected chi connectivity index (χ0v) is 15.6. The van der Waals surface area contributed by atoms with Crippen LogP contribution in [0, 0.1) is 11.7 Å². The van der Waals surface area contributed by atoms with Gasteiger partial charge in [0.25, 0.3) is 0 Å². The van der Waals surface area contributed by atoms with Gasteiger partial charge in [-0.1, -0.05) is 19.9 Å². The van der Waals surface area contributed by atoms with Crippen molar-refractivity contribution in [1.82, 2.24) is 40.0 Å². The molecule has 3 heterocycles. The summed E-state index contributed by atoms with van der Waals surface area (Å²) in [6.07, 6.45) is 2.47. The fourth-order valence-electron chi connectivity index (χ4n) is 2.76. The molecule has 0 atom stereocenters. The Balaban J connectivity index is 1.64. The molecule has 28 heavy (non-hydrogen) atoms. The largest absolute Gasteiger partial charge is 0.237 e. The SMILES string of the molecule is CC(C)Cc1nc(Cn2nnc(-c3ccc(F)cc3)n2)n(-c2ccccn2)n1. The van der Waals surface area contributed by atoms with E-state index >= 15 is 0 Å². The Bertz CT molecular complexity index is 1050. The molecule has 0 spiro atoms. The zero-order chi connectivity index (χ0) is 19.5. The number of aromatic nitrogens is 8. The van der Waals surface area contributed by atoms with E-state index in [4.69, 9.17) is 0 Å². The van der Waals surface area contributed by atoms with Gasteiger partial charge in [0.05, 0.1) is 0 Å². The van der Waals surface area contributed by atoms with Crippen LogP contribution in [0.15, 0.2) is 48.7 Å². The van der Waals surface area contributed by atoms with E-state index in [2.05, 4.69) is 44.3 Å². The quantitative estimate of drug-likeness (QED) is 0.513. The average Bonchev–Trinajstić information content (AvgIpc) is 3.30. The van der Waals surface area contributed by atoms with Crippen molar-refractivity contribution in [3.63, 3.8) is 0 Å². The number of hydrogen-bond acceptors (Lipinski definition) is 6. The third kappa shape index (κ3) is 3.93. The monoisotopic (exact) mass is 378 g/mol. The molecule has 4 aromatic rings. The Morgan fingerprint density at radius 3 is 2.57 bits per heavy atom. The van der Waals surface area contributed by atoms with Crippen LogP contribution in [0.3, 0.4) is 0 Å². The molecule has 0 unspecified atom stereocenters. The molecular weight excluding hydrogens is 359 g/mol. The Labute approximate surface area is 161 Å². The first-order valence-corrected chi connectivity index (χ1v) is 8.98. The first kappa shape index (κ1) is 17.9. The van der Waals surface area contributed by atoms with Gasteiger partial charge in [-0.2, -0.15) is 9.48 Å². The van der Waals surface area contributed by atoms with Crippen LogP contribution in [0.2, 0.25) is 0 Å². The summed E-state index contributed by atoms with van der Waals surface area (Å²) < 4.78 is 14.8. The van der Waals surface area contributed by atoms with Gasteiger partial charge in [0, 0.05) is 18.2 Å². The molecule has 0 aliphatic rings. The lowest BCUT2D eigenvalue weighted by atomic mass is 10.1. The number of hydrogen-bond donors (Lipinski definition) is 0. The molecule has 8 nitrogen and oxygen atoms in total. The van der Waals surface area contributed by atoms with Crippen molar-refractivity contribution in [2.75, 3.05) is 0 Å².